The van der Waals surface area contributed by atoms with Crippen LogP contribution in [0, 0.1) is 0 Å². The lowest BCUT2D eigenvalue weighted by Gasteiger charge is -2.18. The lowest BCUT2D eigenvalue weighted by Crippen LogP contribution is -2.27. The molecule has 0 spiro atoms. The minimum absolute atomic E-state index is 0.170. The molecule has 1 aromatic carbocycles. The van der Waals surface area contributed by atoms with E-state index in [1.165, 1.54) is 17.8 Å². The zero-order chi connectivity index (χ0) is 15.4. The van der Waals surface area contributed by atoms with E-state index in [1.807, 2.05) is 12.1 Å². The second-order valence-electron chi connectivity index (χ2n) is 4.93. The zero-order valence-electron chi connectivity index (χ0n) is 12.1. The summed E-state index contributed by atoms with van der Waals surface area (Å²) in [4.78, 5) is 17.9. The van der Waals surface area contributed by atoms with Crippen molar-refractivity contribution >= 4 is 23.2 Å². The van der Waals surface area contributed by atoms with Gasteiger partial charge in [-0.3, -0.25) is 4.79 Å². The Hall–Kier alpha value is -2.07. The van der Waals surface area contributed by atoms with Gasteiger partial charge < -0.3 is 10.6 Å². The number of hydrogen-bond acceptors (Lipinski definition) is 3. The average Bonchev–Trinajstić information content (AvgIpc) is 2.49. The number of hydrogen-bond donors (Lipinski definition) is 1. The van der Waals surface area contributed by atoms with E-state index in [1.54, 1.807) is 11.9 Å². The third-order valence-electron chi connectivity index (χ3n) is 3.33. The first-order valence-corrected chi connectivity index (χ1v) is 7.13. The fraction of sp³-hybridized carbons (Fsp3) is 0.250. The van der Waals surface area contributed by atoms with Crippen molar-refractivity contribution in [3.8, 4) is 0 Å². The van der Waals surface area contributed by atoms with E-state index in [4.69, 9.17) is 17.3 Å². The molecule has 110 valence electrons. The summed E-state index contributed by atoms with van der Waals surface area (Å²) in [6.45, 7) is 2.63. The molecular weight excluding hydrogens is 286 g/mol. The Labute approximate surface area is 129 Å². The number of aryl methyl sites for hydroxylation is 1. The van der Waals surface area contributed by atoms with Crippen LogP contribution in [0.2, 0.25) is 5.15 Å². The fourth-order valence-corrected chi connectivity index (χ4v) is 2.22. The Balaban J connectivity index is 2.13. The highest BCUT2D eigenvalue weighted by Gasteiger charge is 2.16. The van der Waals surface area contributed by atoms with E-state index in [2.05, 4.69) is 24.0 Å². The van der Waals surface area contributed by atoms with Crippen LogP contribution in [-0.4, -0.2) is 22.8 Å². The number of pyridine rings is 1. The molecule has 0 saturated carbocycles. The summed E-state index contributed by atoms with van der Waals surface area (Å²) < 4.78 is 0. The number of aromatic nitrogens is 1. The van der Waals surface area contributed by atoms with Gasteiger partial charge in [0.15, 0.2) is 0 Å². The summed E-state index contributed by atoms with van der Waals surface area (Å²) in [5.74, 6) is -0.170. The molecule has 2 rings (SSSR count). The third-order valence-corrected chi connectivity index (χ3v) is 3.54. The number of nitrogens with zero attached hydrogens (tertiary/aromatic N) is 2. The zero-order valence-corrected chi connectivity index (χ0v) is 12.9. The van der Waals surface area contributed by atoms with Crippen molar-refractivity contribution in [1.29, 1.82) is 0 Å². The van der Waals surface area contributed by atoms with Crippen molar-refractivity contribution < 1.29 is 4.79 Å². The summed E-state index contributed by atoms with van der Waals surface area (Å²) in [5, 5.41) is 0.258. The van der Waals surface area contributed by atoms with Gasteiger partial charge in [0, 0.05) is 13.6 Å². The highest BCUT2D eigenvalue weighted by atomic mass is 35.5. The second-order valence-corrected chi connectivity index (χ2v) is 5.31. The van der Waals surface area contributed by atoms with Gasteiger partial charge in [-0.15, -0.1) is 0 Å². The number of halogens is 1. The van der Waals surface area contributed by atoms with Crippen molar-refractivity contribution in [1.82, 2.24) is 9.88 Å². The van der Waals surface area contributed by atoms with Gasteiger partial charge in [-0.25, -0.2) is 4.98 Å². The largest absolute Gasteiger partial charge is 0.397 e. The van der Waals surface area contributed by atoms with Crippen molar-refractivity contribution in [2.75, 3.05) is 12.8 Å². The average molecular weight is 304 g/mol. The summed E-state index contributed by atoms with van der Waals surface area (Å²) >= 11 is 5.82. The van der Waals surface area contributed by atoms with Crippen molar-refractivity contribution in [3.63, 3.8) is 0 Å². The van der Waals surface area contributed by atoms with Gasteiger partial charge in [-0.05, 0) is 23.6 Å². The highest BCUT2D eigenvalue weighted by molar-refractivity contribution is 6.29. The standard InChI is InChI=1S/C16H18ClN3O/c1-3-11-4-6-12(7-5-11)10-20(2)16(21)13-8-15(17)19-9-14(13)18/h4-9H,3,10,18H2,1-2H3. The Morgan fingerprint density at radius 1 is 1.29 bits per heavy atom. The topological polar surface area (TPSA) is 59.2 Å². The van der Waals surface area contributed by atoms with Crippen LogP contribution in [0.25, 0.3) is 0 Å². The summed E-state index contributed by atoms with van der Waals surface area (Å²) in [5.41, 5.74) is 8.85. The Kier molecular flexibility index (Phi) is 4.81. The molecule has 1 aromatic heterocycles. The van der Waals surface area contributed by atoms with Crippen LogP contribution in [0.5, 0.6) is 0 Å². The first-order chi connectivity index (χ1) is 10.0. The number of carbonyl (C=O) groups is 1. The molecule has 0 unspecified atom stereocenters. The lowest BCUT2D eigenvalue weighted by atomic mass is 10.1. The Bertz CT molecular complexity index is 640. The first-order valence-electron chi connectivity index (χ1n) is 6.75. The molecule has 0 aliphatic carbocycles. The van der Waals surface area contributed by atoms with E-state index in [0.717, 1.165) is 12.0 Å². The molecule has 4 nitrogen and oxygen atoms in total. The molecular formula is C16H18ClN3O. The molecule has 0 saturated heterocycles. The Morgan fingerprint density at radius 3 is 2.52 bits per heavy atom. The molecule has 0 atom stereocenters. The van der Waals surface area contributed by atoms with E-state index in [9.17, 15) is 4.79 Å². The summed E-state index contributed by atoms with van der Waals surface area (Å²) in [6.07, 6.45) is 2.40. The number of amides is 1. The molecule has 2 aromatic rings. The third kappa shape index (κ3) is 3.73. The number of anilines is 1. The maximum absolute atomic E-state index is 12.4. The quantitative estimate of drug-likeness (QED) is 0.883. The number of carbonyl (C=O) groups excluding carboxylic acids is 1. The van der Waals surface area contributed by atoms with Crippen LogP contribution < -0.4 is 5.73 Å². The molecule has 2 N–H and O–H groups in total. The summed E-state index contributed by atoms with van der Waals surface area (Å²) in [7, 11) is 1.74. The predicted octanol–water partition coefficient (Wildman–Crippen LogP) is 3.15. The van der Waals surface area contributed by atoms with Gasteiger partial charge in [-0.1, -0.05) is 42.8 Å². The van der Waals surface area contributed by atoms with Gasteiger partial charge in [0.05, 0.1) is 17.4 Å². The molecule has 0 aliphatic heterocycles. The van der Waals surface area contributed by atoms with Gasteiger partial charge in [0.2, 0.25) is 0 Å². The summed E-state index contributed by atoms with van der Waals surface area (Å²) in [6, 6.07) is 9.71. The molecule has 1 amide bonds. The SMILES string of the molecule is CCc1ccc(CN(C)C(=O)c2cc(Cl)ncc2N)cc1. The smallest absolute Gasteiger partial charge is 0.256 e. The fourth-order valence-electron chi connectivity index (χ4n) is 2.06. The van der Waals surface area contributed by atoms with Crippen LogP contribution in [0.1, 0.15) is 28.4 Å². The predicted molar refractivity (Wildman–Crippen MR) is 85.3 cm³/mol. The van der Waals surface area contributed by atoms with Crippen LogP contribution in [0.3, 0.4) is 0 Å². The molecule has 0 bridgehead atoms. The van der Waals surface area contributed by atoms with Gasteiger partial charge in [0.1, 0.15) is 5.15 Å². The number of rotatable bonds is 4. The van der Waals surface area contributed by atoms with Gasteiger partial charge in [-0.2, -0.15) is 0 Å². The Morgan fingerprint density at radius 2 is 1.90 bits per heavy atom. The second kappa shape index (κ2) is 6.59. The molecule has 0 aliphatic rings. The van der Waals surface area contributed by atoms with E-state index >= 15 is 0 Å². The number of nitrogens with two attached hydrogens (primary N) is 1. The monoisotopic (exact) mass is 303 g/mol. The van der Waals surface area contributed by atoms with E-state index < -0.39 is 0 Å². The van der Waals surface area contributed by atoms with Crippen molar-refractivity contribution in [2.45, 2.75) is 19.9 Å². The normalized spacial score (nSPS) is 10.4. The van der Waals surface area contributed by atoms with Crippen LogP contribution >= 0.6 is 11.6 Å². The molecule has 0 fully saturated rings. The van der Waals surface area contributed by atoms with E-state index in [-0.39, 0.29) is 11.1 Å². The molecule has 5 heteroatoms. The van der Waals surface area contributed by atoms with Crippen molar-refractivity contribution in [3.05, 3.63) is 58.4 Å². The minimum atomic E-state index is -0.170. The van der Waals surface area contributed by atoms with E-state index in [0.29, 0.717) is 17.8 Å². The van der Waals surface area contributed by atoms with Crippen LogP contribution in [-0.2, 0) is 13.0 Å². The van der Waals surface area contributed by atoms with Gasteiger partial charge >= 0.3 is 0 Å². The van der Waals surface area contributed by atoms with Crippen molar-refractivity contribution in [2.24, 2.45) is 0 Å². The number of benzene rings is 1. The van der Waals surface area contributed by atoms with Gasteiger partial charge in [0.25, 0.3) is 5.91 Å². The first kappa shape index (κ1) is 15.3. The van der Waals surface area contributed by atoms with Crippen LogP contribution in [0.4, 0.5) is 5.69 Å². The molecule has 21 heavy (non-hydrogen) atoms. The minimum Gasteiger partial charge on any atom is -0.397 e. The lowest BCUT2D eigenvalue weighted by molar-refractivity contribution is 0.0786. The number of nitrogen functional groups attached to an aromatic ring is 1. The van der Waals surface area contributed by atoms with Crippen LogP contribution in [0.15, 0.2) is 36.5 Å². The maximum atomic E-state index is 12.4. The maximum Gasteiger partial charge on any atom is 0.256 e. The molecule has 1 heterocycles. The molecule has 0 radical (unpaired) electrons. The highest BCUT2D eigenvalue weighted by Crippen LogP contribution is 2.18.